The third kappa shape index (κ3) is 0.924. The van der Waals surface area contributed by atoms with E-state index in [1.54, 1.807) is 44.9 Å². The highest BCUT2D eigenvalue weighted by atomic mass is 32.1. The fourth-order valence-corrected chi connectivity index (χ4v) is 8.62. The maximum atomic E-state index is 4.88. The van der Waals surface area contributed by atoms with Crippen LogP contribution in [0.4, 0.5) is 0 Å². The Morgan fingerprint density at radius 1 is 0.941 bits per heavy atom. The molecule has 0 saturated heterocycles. The van der Waals surface area contributed by atoms with E-state index < -0.39 is 0 Å². The largest absolute Gasteiger partial charge is 0.179 e. The highest BCUT2D eigenvalue weighted by Gasteiger charge is 2.72. The van der Waals surface area contributed by atoms with Crippen molar-refractivity contribution in [1.82, 2.24) is 0 Å². The molecule has 5 saturated carbocycles. The molecule has 1 heteroatoms. The van der Waals surface area contributed by atoms with Crippen molar-refractivity contribution in [3.05, 3.63) is 0 Å². The van der Waals surface area contributed by atoms with Gasteiger partial charge in [0.15, 0.2) is 0 Å². The number of hydrogen-bond acceptors (Lipinski definition) is 1. The molecule has 0 N–H and O–H groups in total. The Labute approximate surface area is 110 Å². The summed E-state index contributed by atoms with van der Waals surface area (Å²) in [6.07, 6.45) is 11.1. The van der Waals surface area contributed by atoms with Gasteiger partial charge in [-0.2, -0.15) is 12.6 Å². The van der Waals surface area contributed by atoms with Crippen molar-refractivity contribution >= 4 is 12.6 Å². The summed E-state index contributed by atoms with van der Waals surface area (Å²) in [5.74, 6) is 9.13. The Morgan fingerprint density at radius 2 is 1.82 bits per heavy atom. The van der Waals surface area contributed by atoms with Gasteiger partial charge >= 0.3 is 0 Å². The lowest BCUT2D eigenvalue weighted by atomic mass is 9.55. The van der Waals surface area contributed by atoms with Crippen LogP contribution in [0.2, 0.25) is 0 Å². The molecule has 5 aliphatic rings. The molecule has 0 aliphatic heterocycles. The molecule has 8 unspecified atom stereocenters. The molecule has 0 heterocycles. The van der Waals surface area contributed by atoms with Crippen LogP contribution < -0.4 is 0 Å². The van der Waals surface area contributed by atoms with Gasteiger partial charge < -0.3 is 0 Å². The monoisotopic (exact) mass is 248 g/mol. The Bertz CT molecular complexity index is 365. The van der Waals surface area contributed by atoms with Crippen molar-refractivity contribution in [2.24, 2.45) is 46.8 Å². The number of rotatable bonds is 1. The summed E-state index contributed by atoms with van der Waals surface area (Å²) >= 11 is 4.88. The van der Waals surface area contributed by atoms with E-state index in [0.29, 0.717) is 0 Å². The number of hydrogen-bond donors (Lipinski definition) is 1. The van der Waals surface area contributed by atoms with Crippen molar-refractivity contribution in [2.45, 2.75) is 44.9 Å². The topological polar surface area (TPSA) is 0 Å². The smallest absolute Gasteiger partial charge is 0.00329 e. The zero-order valence-electron chi connectivity index (χ0n) is 10.6. The first-order chi connectivity index (χ1) is 8.36. The van der Waals surface area contributed by atoms with Crippen LogP contribution in [0.3, 0.4) is 0 Å². The first kappa shape index (κ1) is 10.2. The lowest BCUT2D eigenvalue weighted by Crippen LogP contribution is -2.47. The van der Waals surface area contributed by atoms with E-state index in [9.17, 15) is 0 Å². The number of thiol groups is 1. The van der Waals surface area contributed by atoms with Crippen LogP contribution in [-0.4, -0.2) is 5.75 Å². The van der Waals surface area contributed by atoms with Crippen molar-refractivity contribution in [3.63, 3.8) is 0 Å². The molecular weight excluding hydrogens is 224 g/mol. The molecule has 5 rings (SSSR count). The van der Waals surface area contributed by atoms with Crippen LogP contribution in [0.5, 0.6) is 0 Å². The van der Waals surface area contributed by atoms with Gasteiger partial charge in [-0.15, -0.1) is 0 Å². The van der Waals surface area contributed by atoms with Gasteiger partial charge in [-0.25, -0.2) is 0 Å². The third-order valence-corrected chi connectivity index (χ3v) is 8.55. The van der Waals surface area contributed by atoms with Crippen molar-refractivity contribution < 1.29 is 0 Å². The fourth-order valence-electron chi connectivity index (χ4n) is 7.91. The third-order valence-electron chi connectivity index (χ3n) is 8.00. The van der Waals surface area contributed by atoms with Gasteiger partial charge in [-0.05, 0) is 91.1 Å². The average Bonchev–Trinajstić information content (AvgIpc) is 3.10. The lowest BCUT2D eigenvalue weighted by molar-refractivity contribution is -0.00920. The fraction of sp³-hybridized carbons (Fsp3) is 1.00. The zero-order chi connectivity index (χ0) is 11.2. The van der Waals surface area contributed by atoms with Crippen LogP contribution in [0, 0.1) is 46.8 Å². The van der Waals surface area contributed by atoms with Crippen molar-refractivity contribution in [3.8, 4) is 0 Å². The maximum Gasteiger partial charge on any atom is -0.00329 e. The van der Waals surface area contributed by atoms with E-state index in [2.05, 4.69) is 0 Å². The van der Waals surface area contributed by atoms with E-state index in [1.165, 1.54) is 5.75 Å². The minimum atomic E-state index is 0.738. The second-order valence-electron chi connectivity index (χ2n) is 7.83. The first-order valence-corrected chi connectivity index (χ1v) is 8.60. The summed E-state index contributed by atoms with van der Waals surface area (Å²) < 4.78 is 0. The standard InChI is InChI=1S/C16H24S/c17-8-16-10-5-4-9(6-10)15(16)13-7-14(16)12-3-1-2-11(12)13/h9-15,17H,1-8H2. The molecule has 17 heavy (non-hydrogen) atoms. The molecular formula is C16H24S. The van der Waals surface area contributed by atoms with Gasteiger partial charge in [-0.1, -0.05) is 6.42 Å². The van der Waals surface area contributed by atoms with Crippen LogP contribution in [0.15, 0.2) is 0 Å². The Balaban J connectivity index is 1.64. The van der Waals surface area contributed by atoms with Crippen molar-refractivity contribution in [2.75, 3.05) is 5.75 Å². The summed E-state index contributed by atoms with van der Waals surface area (Å²) in [5, 5.41) is 0. The van der Waals surface area contributed by atoms with Crippen LogP contribution in [-0.2, 0) is 0 Å². The first-order valence-electron chi connectivity index (χ1n) is 7.97. The molecule has 0 spiro atoms. The van der Waals surface area contributed by atoms with Crippen LogP contribution >= 0.6 is 12.6 Å². The van der Waals surface area contributed by atoms with Gasteiger partial charge in [0, 0.05) is 0 Å². The Morgan fingerprint density at radius 3 is 2.71 bits per heavy atom. The Hall–Kier alpha value is 0.350. The van der Waals surface area contributed by atoms with Gasteiger partial charge in [0.05, 0.1) is 0 Å². The zero-order valence-corrected chi connectivity index (χ0v) is 11.5. The summed E-state index contributed by atoms with van der Waals surface area (Å²) in [7, 11) is 0. The maximum absolute atomic E-state index is 4.88. The summed E-state index contributed by atoms with van der Waals surface area (Å²) in [5.41, 5.74) is 0.738. The summed E-state index contributed by atoms with van der Waals surface area (Å²) in [6, 6.07) is 0. The normalized spacial score (nSPS) is 66.5. The average molecular weight is 248 g/mol. The SMILES string of the molecule is SCC12C3CCC(C3)C1C1CC2C2CCCC21. The van der Waals surface area contributed by atoms with Gasteiger partial charge in [-0.3, -0.25) is 0 Å². The summed E-state index contributed by atoms with van der Waals surface area (Å²) in [6.45, 7) is 0. The molecule has 5 fully saturated rings. The van der Waals surface area contributed by atoms with Gasteiger partial charge in [0.25, 0.3) is 0 Å². The quantitative estimate of drug-likeness (QED) is 0.526. The van der Waals surface area contributed by atoms with Gasteiger partial charge in [0.1, 0.15) is 0 Å². The van der Waals surface area contributed by atoms with Gasteiger partial charge in [0.2, 0.25) is 0 Å². The molecule has 0 nitrogen and oxygen atoms in total. The van der Waals surface area contributed by atoms with E-state index in [-0.39, 0.29) is 0 Å². The van der Waals surface area contributed by atoms with Crippen LogP contribution in [0.1, 0.15) is 44.9 Å². The second kappa shape index (κ2) is 3.08. The van der Waals surface area contributed by atoms with E-state index in [4.69, 9.17) is 12.6 Å². The highest BCUT2D eigenvalue weighted by molar-refractivity contribution is 7.80. The molecule has 4 bridgehead atoms. The van der Waals surface area contributed by atoms with E-state index >= 15 is 0 Å². The van der Waals surface area contributed by atoms with Crippen LogP contribution in [0.25, 0.3) is 0 Å². The molecule has 0 aromatic heterocycles. The minimum absolute atomic E-state index is 0.738. The molecule has 94 valence electrons. The lowest BCUT2D eigenvalue weighted by Gasteiger charge is -2.50. The Kier molecular flexibility index (Phi) is 1.85. The predicted molar refractivity (Wildman–Crippen MR) is 73.0 cm³/mol. The molecule has 5 aliphatic carbocycles. The molecule has 0 amide bonds. The summed E-state index contributed by atoms with van der Waals surface area (Å²) in [4.78, 5) is 0. The molecule has 8 atom stereocenters. The second-order valence-corrected chi connectivity index (χ2v) is 8.15. The van der Waals surface area contributed by atoms with E-state index in [1.807, 2.05) is 0 Å². The molecule has 0 aromatic carbocycles. The molecule has 0 aromatic rings. The molecule has 0 radical (unpaired) electrons. The minimum Gasteiger partial charge on any atom is -0.179 e. The van der Waals surface area contributed by atoms with Crippen molar-refractivity contribution in [1.29, 1.82) is 0 Å². The highest BCUT2D eigenvalue weighted by Crippen LogP contribution is 2.78. The number of fused-ring (bicyclic) bond motifs is 12. The predicted octanol–water partition coefficient (Wildman–Crippen LogP) is 4.01. The van der Waals surface area contributed by atoms with E-state index in [0.717, 1.165) is 46.8 Å².